The zero-order valence-corrected chi connectivity index (χ0v) is 26.7. The molecule has 0 unspecified atom stereocenters. The Bertz CT molecular complexity index is 1530. The maximum absolute atomic E-state index is 14.1. The van der Waals surface area contributed by atoms with Crippen LogP contribution < -0.4 is 9.62 Å². The molecule has 1 aliphatic rings. The number of benzene rings is 3. The molecule has 3 aromatic carbocycles. The molecule has 1 aliphatic carbocycles. The van der Waals surface area contributed by atoms with Crippen molar-refractivity contribution in [2.24, 2.45) is 0 Å². The average Bonchev–Trinajstić information content (AvgIpc) is 2.97. The van der Waals surface area contributed by atoms with E-state index in [4.69, 9.17) is 46.4 Å². The lowest BCUT2D eigenvalue weighted by Crippen LogP contribution is -2.53. The molecule has 1 N–H and O–H groups in total. The fourth-order valence-corrected chi connectivity index (χ4v) is 7.06. The second-order valence-corrected chi connectivity index (χ2v) is 13.7. The first-order valence-electron chi connectivity index (χ1n) is 13.5. The van der Waals surface area contributed by atoms with Crippen molar-refractivity contribution in [3.8, 4) is 0 Å². The number of carbonyl (C=O) groups is 2. The van der Waals surface area contributed by atoms with Crippen LogP contribution >= 0.6 is 46.4 Å². The molecule has 0 saturated heterocycles. The number of anilines is 1. The molecule has 2 amide bonds. The third-order valence-electron chi connectivity index (χ3n) is 7.28. The van der Waals surface area contributed by atoms with Crippen LogP contribution in [0.1, 0.15) is 44.6 Å². The van der Waals surface area contributed by atoms with Crippen LogP contribution in [-0.4, -0.2) is 43.8 Å². The highest BCUT2D eigenvalue weighted by Gasteiger charge is 2.33. The van der Waals surface area contributed by atoms with Crippen molar-refractivity contribution in [3.05, 3.63) is 92.4 Å². The van der Waals surface area contributed by atoms with Gasteiger partial charge in [0, 0.05) is 22.6 Å². The molecule has 0 aliphatic heterocycles. The largest absolute Gasteiger partial charge is 0.352 e. The van der Waals surface area contributed by atoms with Crippen LogP contribution in [0.5, 0.6) is 0 Å². The normalized spacial score (nSPS) is 14.7. The van der Waals surface area contributed by atoms with Crippen molar-refractivity contribution in [2.75, 3.05) is 10.8 Å². The van der Waals surface area contributed by atoms with Gasteiger partial charge in [-0.25, -0.2) is 8.42 Å². The number of nitrogens with zero attached hydrogens (tertiary/aromatic N) is 2. The molecule has 7 nitrogen and oxygen atoms in total. The molecular weight excluding hydrogens is 640 g/mol. The van der Waals surface area contributed by atoms with Gasteiger partial charge in [-0.1, -0.05) is 89.9 Å². The summed E-state index contributed by atoms with van der Waals surface area (Å²) in [6.07, 6.45) is 4.92. The van der Waals surface area contributed by atoms with E-state index in [0.717, 1.165) is 36.4 Å². The number of carbonyl (C=O) groups excluding carboxylic acids is 2. The maximum Gasteiger partial charge on any atom is 0.264 e. The molecule has 1 fully saturated rings. The predicted molar refractivity (Wildman–Crippen MR) is 169 cm³/mol. The first-order chi connectivity index (χ1) is 20.0. The van der Waals surface area contributed by atoms with Crippen LogP contribution in [0.25, 0.3) is 0 Å². The summed E-state index contributed by atoms with van der Waals surface area (Å²) < 4.78 is 28.7. The van der Waals surface area contributed by atoms with Gasteiger partial charge in [0.1, 0.15) is 12.6 Å². The van der Waals surface area contributed by atoms with Crippen molar-refractivity contribution in [2.45, 2.75) is 62.6 Å². The van der Waals surface area contributed by atoms with Gasteiger partial charge in [0.15, 0.2) is 0 Å². The smallest absolute Gasteiger partial charge is 0.264 e. The van der Waals surface area contributed by atoms with Crippen LogP contribution in [-0.2, 0) is 26.2 Å². The minimum absolute atomic E-state index is 0.0146. The van der Waals surface area contributed by atoms with E-state index in [-0.39, 0.29) is 39.1 Å². The van der Waals surface area contributed by atoms with Crippen LogP contribution in [0.15, 0.2) is 71.6 Å². The summed E-state index contributed by atoms with van der Waals surface area (Å²) in [5.41, 5.74) is 0.698. The van der Waals surface area contributed by atoms with Gasteiger partial charge in [-0.15, -0.1) is 0 Å². The van der Waals surface area contributed by atoms with E-state index >= 15 is 0 Å². The molecule has 42 heavy (non-hydrogen) atoms. The summed E-state index contributed by atoms with van der Waals surface area (Å²) in [5.74, 6) is -0.940. The first kappa shape index (κ1) is 32.4. The van der Waals surface area contributed by atoms with Crippen LogP contribution in [0.2, 0.25) is 20.1 Å². The van der Waals surface area contributed by atoms with Crippen molar-refractivity contribution in [1.29, 1.82) is 0 Å². The van der Waals surface area contributed by atoms with E-state index in [1.807, 2.05) is 0 Å². The standard InChI is InChI=1S/C30H31Cl4N3O4S/c1-20(30(39)35-23-8-4-2-5-9-23)36(18-21-12-13-22(31)16-27(21)33)29(38)19-37(24-14-15-26(32)28(34)17-24)42(40,41)25-10-6-3-7-11-25/h3,6-7,10-17,20,23H,2,4-5,8-9,18-19H2,1H3,(H,35,39)/t20-/m1/s1. The van der Waals surface area contributed by atoms with Gasteiger partial charge in [-0.2, -0.15) is 0 Å². The van der Waals surface area contributed by atoms with Gasteiger partial charge in [0.25, 0.3) is 10.0 Å². The molecule has 4 rings (SSSR count). The van der Waals surface area contributed by atoms with E-state index in [1.165, 1.54) is 35.2 Å². The number of amides is 2. The highest BCUT2D eigenvalue weighted by Crippen LogP contribution is 2.31. The van der Waals surface area contributed by atoms with Crippen LogP contribution in [0, 0.1) is 0 Å². The van der Waals surface area contributed by atoms with Crippen LogP contribution in [0.4, 0.5) is 5.69 Å². The summed E-state index contributed by atoms with van der Waals surface area (Å²) in [6.45, 7) is 0.964. The molecule has 1 atom stereocenters. The molecule has 0 radical (unpaired) electrons. The number of hydrogen-bond acceptors (Lipinski definition) is 4. The summed E-state index contributed by atoms with van der Waals surface area (Å²) in [6, 6.07) is 16.0. The van der Waals surface area contributed by atoms with E-state index in [0.29, 0.717) is 15.6 Å². The topological polar surface area (TPSA) is 86.8 Å². The Kier molecular flexibility index (Phi) is 11.1. The first-order valence-corrected chi connectivity index (χ1v) is 16.5. The molecule has 224 valence electrons. The summed E-state index contributed by atoms with van der Waals surface area (Å²) in [7, 11) is -4.23. The van der Waals surface area contributed by atoms with Gasteiger partial charge in [0.05, 0.1) is 20.6 Å². The zero-order chi connectivity index (χ0) is 30.4. The molecular formula is C30H31Cl4N3O4S. The second kappa shape index (κ2) is 14.3. The monoisotopic (exact) mass is 669 g/mol. The lowest BCUT2D eigenvalue weighted by molar-refractivity contribution is -0.139. The van der Waals surface area contributed by atoms with Crippen molar-refractivity contribution in [3.63, 3.8) is 0 Å². The zero-order valence-electron chi connectivity index (χ0n) is 22.9. The van der Waals surface area contributed by atoms with E-state index in [1.54, 1.807) is 43.3 Å². The molecule has 0 bridgehead atoms. The van der Waals surface area contributed by atoms with E-state index in [9.17, 15) is 18.0 Å². The predicted octanol–water partition coefficient (Wildman–Crippen LogP) is 7.36. The number of rotatable bonds is 10. The van der Waals surface area contributed by atoms with E-state index < -0.39 is 28.5 Å². The lowest BCUT2D eigenvalue weighted by Gasteiger charge is -2.33. The number of halogens is 4. The fourth-order valence-electron chi connectivity index (χ4n) is 4.87. The quantitative estimate of drug-likeness (QED) is 0.244. The van der Waals surface area contributed by atoms with E-state index in [2.05, 4.69) is 5.32 Å². The third kappa shape index (κ3) is 7.91. The fraction of sp³-hybridized carbons (Fsp3) is 0.333. The molecule has 0 aromatic heterocycles. The summed E-state index contributed by atoms with van der Waals surface area (Å²) in [5, 5.41) is 4.16. The van der Waals surface area contributed by atoms with Gasteiger partial charge >= 0.3 is 0 Å². The van der Waals surface area contributed by atoms with Crippen molar-refractivity contribution < 1.29 is 18.0 Å². The highest BCUT2D eigenvalue weighted by molar-refractivity contribution is 7.92. The van der Waals surface area contributed by atoms with Crippen molar-refractivity contribution in [1.82, 2.24) is 10.2 Å². The summed E-state index contributed by atoms with van der Waals surface area (Å²) in [4.78, 5) is 28.8. The minimum Gasteiger partial charge on any atom is -0.352 e. The summed E-state index contributed by atoms with van der Waals surface area (Å²) >= 11 is 24.9. The number of nitrogens with one attached hydrogen (secondary N) is 1. The number of hydrogen-bond donors (Lipinski definition) is 1. The van der Waals surface area contributed by atoms with Gasteiger partial charge in [-0.05, 0) is 67.8 Å². The third-order valence-corrected chi connectivity index (χ3v) is 10.4. The lowest BCUT2D eigenvalue weighted by atomic mass is 9.95. The molecule has 0 spiro atoms. The average molecular weight is 671 g/mol. The number of sulfonamides is 1. The van der Waals surface area contributed by atoms with Crippen LogP contribution in [0.3, 0.4) is 0 Å². The second-order valence-electron chi connectivity index (χ2n) is 10.2. The maximum atomic E-state index is 14.1. The Labute approximate surface area is 266 Å². The molecule has 12 heteroatoms. The van der Waals surface area contributed by atoms with Crippen molar-refractivity contribution >= 4 is 73.9 Å². The Balaban J connectivity index is 1.70. The Hall–Kier alpha value is -2.49. The Morgan fingerprint density at radius 3 is 2.21 bits per heavy atom. The Morgan fingerprint density at radius 2 is 1.57 bits per heavy atom. The van der Waals surface area contributed by atoms with Gasteiger partial charge in [0.2, 0.25) is 11.8 Å². The molecule has 3 aromatic rings. The molecule has 0 heterocycles. The highest BCUT2D eigenvalue weighted by atomic mass is 35.5. The Morgan fingerprint density at radius 1 is 0.881 bits per heavy atom. The SMILES string of the molecule is C[C@H](C(=O)NC1CCCCC1)N(Cc1ccc(Cl)cc1Cl)C(=O)CN(c1ccc(Cl)c(Cl)c1)S(=O)(=O)c1ccccc1. The minimum atomic E-state index is -4.23. The molecule has 1 saturated carbocycles. The van der Waals surface area contributed by atoms with Gasteiger partial charge < -0.3 is 10.2 Å². The van der Waals surface area contributed by atoms with Gasteiger partial charge in [-0.3, -0.25) is 13.9 Å².